The molecule has 0 fully saturated rings. The topological polar surface area (TPSA) is 52.4 Å². The van der Waals surface area contributed by atoms with E-state index in [4.69, 9.17) is 21.1 Å². The number of aromatic nitrogens is 3. The van der Waals surface area contributed by atoms with E-state index in [-0.39, 0.29) is 6.04 Å². The molecule has 0 N–H and O–H groups in total. The van der Waals surface area contributed by atoms with Crippen molar-refractivity contribution in [3.8, 4) is 17.2 Å². The third-order valence-corrected chi connectivity index (χ3v) is 5.09. The van der Waals surface area contributed by atoms with Crippen LogP contribution in [-0.4, -0.2) is 39.9 Å². The highest BCUT2D eigenvalue weighted by Crippen LogP contribution is 2.38. The number of nitrogens with zero attached hydrogens (tertiary/aromatic N) is 4. The number of hydrogen-bond acceptors (Lipinski definition) is 5. The number of halogens is 1. The van der Waals surface area contributed by atoms with Crippen LogP contribution in [0.25, 0.3) is 5.69 Å². The molecular weight excluding hydrogens is 364 g/mol. The molecule has 27 heavy (non-hydrogen) atoms. The van der Waals surface area contributed by atoms with E-state index in [9.17, 15) is 0 Å². The van der Waals surface area contributed by atoms with E-state index in [2.05, 4.69) is 53.2 Å². The van der Waals surface area contributed by atoms with Crippen LogP contribution in [0.3, 0.4) is 0 Å². The number of benzene rings is 2. The number of rotatable bonds is 5. The van der Waals surface area contributed by atoms with Crippen LogP contribution in [0.2, 0.25) is 5.02 Å². The number of fused-ring (bicyclic) bond motifs is 1. The largest absolute Gasteiger partial charge is 0.486 e. The SMILES string of the molecule is CC(c1ccc(-n2cncn2)cc1)N(C)Cc1cc(Cl)c2c(c1)OCCO2. The predicted octanol–water partition coefficient (Wildman–Crippen LogP) is 3.88. The lowest BCUT2D eigenvalue weighted by atomic mass is 10.1. The molecule has 0 saturated carbocycles. The van der Waals surface area contributed by atoms with E-state index in [1.54, 1.807) is 11.0 Å². The molecule has 1 aromatic heterocycles. The minimum absolute atomic E-state index is 0.238. The third kappa shape index (κ3) is 3.77. The van der Waals surface area contributed by atoms with E-state index >= 15 is 0 Å². The fourth-order valence-corrected chi connectivity index (χ4v) is 3.47. The Hall–Kier alpha value is -2.57. The molecule has 0 saturated heterocycles. The van der Waals surface area contributed by atoms with E-state index in [1.807, 2.05) is 12.1 Å². The Bertz CT molecular complexity index is 912. The first-order chi connectivity index (χ1) is 13.1. The molecule has 1 aliphatic rings. The first-order valence-corrected chi connectivity index (χ1v) is 9.23. The van der Waals surface area contributed by atoms with E-state index < -0.39 is 0 Å². The summed E-state index contributed by atoms with van der Waals surface area (Å²) in [7, 11) is 2.10. The molecule has 1 aliphatic heterocycles. The molecule has 1 atom stereocenters. The Morgan fingerprint density at radius 2 is 1.96 bits per heavy atom. The normalized spacial score (nSPS) is 14.4. The van der Waals surface area contributed by atoms with Crippen molar-refractivity contribution in [3.63, 3.8) is 0 Å². The summed E-state index contributed by atoms with van der Waals surface area (Å²) < 4.78 is 13.0. The molecule has 140 valence electrons. The standard InChI is InChI=1S/C20H21ClN4O2/c1-14(16-3-5-17(6-4-16)25-13-22-12-23-25)24(2)11-15-9-18(21)20-19(10-15)26-7-8-27-20/h3-6,9-10,12-14H,7-8,11H2,1-2H3. The molecule has 0 aliphatic carbocycles. The third-order valence-electron chi connectivity index (χ3n) is 4.81. The second-order valence-electron chi connectivity index (χ2n) is 6.62. The monoisotopic (exact) mass is 384 g/mol. The Morgan fingerprint density at radius 3 is 2.70 bits per heavy atom. The van der Waals surface area contributed by atoms with Gasteiger partial charge >= 0.3 is 0 Å². The second-order valence-corrected chi connectivity index (χ2v) is 7.03. The quantitative estimate of drug-likeness (QED) is 0.668. The molecule has 2 heterocycles. The van der Waals surface area contributed by atoms with Crippen LogP contribution in [-0.2, 0) is 6.54 Å². The molecule has 0 spiro atoms. The maximum Gasteiger partial charge on any atom is 0.179 e. The highest BCUT2D eigenvalue weighted by molar-refractivity contribution is 6.32. The van der Waals surface area contributed by atoms with Gasteiger partial charge in [0.05, 0.1) is 10.7 Å². The van der Waals surface area contributed by atoms with E-state index in [1.165, 1.54) is 11.9 Å². The van der Waals surface area contributed by atoms with Gasteiger partial charge in [-0.15, -0.1) is 0 Å². The van der Waals surface area contributed by atoms with Crippen LogP contribution < -0.4 is 9.47 Å². The van der Waals surface area contributed by atoms with Crippen molar-refractivity contribution in [2.45, 2.75) is 19.5 Å². The van der Waals surface area contributed by atoms with Crippen LogP contribution in [0.1, 0.15) is 24.1 Å². The van der Waals surface area contributed by atoms with Gasteiger partial charge in [-0.05, 0) is 49.4 Å². The first-order valence-electron chi connectivity index (χ1n) is 8.85. The zero-order chi connectivity index (χ0) is 18.8. The average Bonchev–Trinajstić information content (AvgIpc) is 3.22. The predicted molar refractivity (Wildman–Crippen MR) is 104 cm³/mol. The maximum atomic E-state index is 6.36. The fourth-order valence-electron chi connectivity index (χ4n) is 3.18. The smallest absolute Gasteiger partial charge is 0.179 e. The summed E-state index contributed by atoms with van der Waals surface area (Å²) in [6.07, 6.45) is 3.22. The van der Waals surface area contributed by atoms with Crippen LogP contribution in [0.15, 0.2) is 49.1 Å². The number of ether oxygens (including phenoxy) is 2. The Balaban J connectivity index is 1.48. The van der Waals surface area contributed by atoms with E-state index in [0.29, 0.717) is 24.0 Å². The Labute approximate surface area is 163 Å². The zero-order valence-electron chi connectivity index (χ0n) is 15.3. The zero-order valence-corrected chi connectivity index (χ0v) is 16.1. The van der Waals surface area contributed by atoms with Gasteiger partial charge in [0.15, 0.2) is 11.5 Å². The lowest BCUT2D eigenvalue weighted by Crippen LogP contribution is -2.22. The Kier molecular flexibility index (Phi) is 5.01. The van der Waals surface area contributed by atoms with Gasteiger partial charge in [-0.2, -0.15) is 5.10 Å². The van der Waals surface area contributed by atoms with Gasteiger partial charge in [0.1, 0.15) is 25.9 Å². The van der Waals surface area contributed by atoms with Crippen LogP contribution in [0.4, 0.5) is 0 Å². The molecule has 6 nitrogen and oxygen atoms in total. The molecule has 3 aromatic rings. The highest BCUT2D eigenvalue weighted by Gasteiger charge is 2.18. The second kappa shape index (κ2) is 7.58. The maximum absolute atomic E-state index is 6.36. The molecule has 0 radical (unpaired) electrons. The van der Waals surface area contributed by atoms with Crippen molar-refractivity contribution in [2.75, 3.05) is 20.3 Å². The molecular formula is C20H21ClN4O2. The van der Waals surface area contributed by atoms with Gasteiger partial charge in [-0.25, -0.2) is 9.67 Å². The summed E-state index contributed by atoms with van der Waals surface area (Å²) in [5, 5.41) is 4.75. The van der Waals surface area contributed by atoms with Gasteiger partial charge in [0.25, 0.3) is 0 Å². The highest BCUT2D eigenvalue weighted by atomic mass is 35.5. The van der Waals surface area contributed by atoms with E-state index in [0.717, 1.165) is 23.5 Å². The van der Waals surface area contributed by atoms with Crippen molar-refractivity contribution >= 4 is 11.6 Å². The molecule has 2 aromatic carbocycles. The summed E-state index contributed by atoms with van der Waals surface area (Å²) >= 11 is 6.36. The van der Waals surface area contributed by atoms with Crippen molar-refractivity contribution in [1.29, 1.82) is 0 Å². The number of hydrogen-bond donors (Lipinski definition) is 0. The minimum Gasteiger partial charge on any atom is -0.486 e. The summed E-state index contributed by atoms with van der Waals surface area (Å²) in [5.74, 6) is 1.37. The Morgan fingerprint density at radius 1 is 1.19 bits per heavy atom. The summed E-state index contributed by atoms with van der Waals surface area (Å²) in [4.78, 5) is 6.25. The van der Waals surface area contributed by atoms with Crippen molar-refractivity contribution in [1.82, 2.24) is 19.7 Å². The first kappa shape index (κ1) is 17.8. The summed E-state index contributed by atoms with van der Waals surface area (Å²) in [5.41, 5.74) is 3.31. The van der Waals surface area contributed by atoms with Gasteiger partial charge in [0.2, 0.25) is 0 Å². The summed E-state index contributed by atoms with van der Waals surface area (Å²) in [6.45, 7) is 4.02. The summed E-state index contributed by atoms with van der Waals surface area (Å²) in [6, 6.07) is 12.5. The van der Waals surface area contributed by atoms with Gasteiger partial charge in [-0.1, -0.05) is 23.7 Å². The van der Waals surface area contributed by atoms with Crippen molar-refractivity contribution < 1.29 is 9.47 Å². The van der Waals surface area contributed by atoms with Gasteiger partial charge < -0.3 is 9.47 Å². The molecule has 0 amide bonds. The van der Waals surface area contributed by atoms with Crippen LogP contribution in [0.5, 0.6) is 11.5 Å². The fraction of sp³-hybridized carbons (Fsp3) is 0.300. The molecule has 4 rings (SSSR count). The van der Waals surface area contributed by atoms with Gasteiger partial charge in [-0.3, -0.25) is 4.90 Å². The molecule has 0 bridgehead atoms. The van der Waals surface area contributed by atoms with Crippen molar-refractivity contribution in [3.05, 3.63) is 65.2 Å². The van der Waals surface area contributed by atoms with Gasteiger partial charge in [0, 0.05) is 12.6 Å². The van der Waals surface area contributed by atoms with Crippen LogP contribution >= 0.6 is 11.6 Å². The molecule has 7 heteroatoms. The minimum atomic E-state index is 0.238. The lowest BCUT2D eigenvalue weighted by Gasteiger charge is -2.26. The van der Waals surface area contributed by atoms with Crippen LogP contribution in [0, 0.1) is 0 Å². The van der Waals surface area contributed by atoms with Crippen molar-refractivity contribution in [2.24, 2.45) is 0 Å². The lowest BCUT2D eigenvalue weighted by molar-refractivity contribution is 0.171. The molecule has 1 unspecified atom stereocenters. The average molecular weight is 385 g/mol.